The number of hydrogen-bond donors (Lipinski definition) is 3. The first-order valence-electron chi connectivity index (χ1n) is 19.5. The molecule has 6 rings (SSSR count). The van der Waals surface area contributed by atoms with Gasteiger partial charge in [-0.1, -0.05) is 81.4 Å². The van der Waals surface area contributed by atoms with E-state index >= 15 is 0 Å². The number of amides is 5. The summed E-state index contributed by atoms with van der Waals surface area (Å²) >= 11 is 0. The average molecular weight is 806 g/mol. The molecule has 5 atom stereocenters. The number of ether oxygens (including phenoxy) is 2. The summed E-state index contributed by atoms with van der Waals surface area (Å²) in [6.45, 7) is 14.8. The lowest BCUT2D eigenvalue weighted by Crippen LogP contribution is -2.60. The zero-order chi connectivity index (χ0) is 41.6. The highest BCUT2D eigenvalue weighted by Crippen LogP contribution is 2.48. The Morgan fingerprint density at radius 1 is 0.965 bits per heavy atom. The summed E-state index contributed by atoms with van der Waals surface area (Å²) in [7, 11) is -4.17. The van der Waals surface area contributed by atoms with Crippen molar-refractivity contribution in [1.82, 2.24) is 25.2 Å². The van der Waals surface area contributed by atoms with Crippen LogP contribution >= 0.6 is 0 Å². The van der Waals surface area contributed by atoms with E-state index in [1.54, 1.807) is 46.4 Å². The van der Waals surface area contributed by atoms with E-state index in [2.05, 4.69) is 21.9 Å². The maximum atomic E-state index is 14.5. The third-order valence-corrected chi connectivity index (χ3v) is 13.5. The van der Waals surface area contributed by atoms with Crippen LogP contribution in [0.15, 0.2) is 67.3 Å². The highest BCUT2D eigenvalue weighted by Gasteiger charge is 2.63. The summed E-state index contributed by atoms with van der Waals surface area (Å²) in [6.07, 6.45) is 0.779. The molecule has 2 aliphatic carbocycles. The molecule has 0 bridgehead atoms. The Morgan fingerprint density at radius 2 is 1.61 bits per heavy atom. The Morgan fingerprint density at radius 3 is 2.21 bits per heavy atom. The molecule has 15 heteroatoms. The number of hydrogen-bond acceptors (Lipinski definition) is 9. The zero-order valence-corrected chi connectivity index (χ0v) is 34.4. The van der Waals surface area contributed by atoms with Gasteiger partial charge in [-0.05, 0) is 75.0 Å². The van der Waals surface area contributed by atoms with E-state index in [0.717, 1.165) is 16.7 Å². The molecule has 1 unspecified atom stereocenters. The van der Waals surface area contributed by atoms with Crippen LogP contribution in [0, 0.1) is 11.3 Å². The van der Waals surface area contributed by atoms with Crippen molar-refractivity contribution < 1.29 is 41.9 Å². The van der Waals surface area contributed by atoms with E-state index in [4.69, 9.17) is 9.47 Å². The molecular weight excluding hydrogens is 751 g/mol. The van der Waals surface area contributed by atoms with Gasteiger partial charge in [-0.3, -0.25) is 19.1 Å². The minimum Gasteiger partial charge on any atom is -0.444 e. The van der Waals surface area contributed by atoms with Crippen LogP contribution in [0.1, 0.15) is 83.9 Å². The number of rotatable bonds is 11. The second-order valence-electron chi connectivity index (χ2n) is 17.9. The van der Waals surface area contributed by atoms with E-state index in [1.807, 2.05) is 54.6 Å². The molecule has 2 aliphatic heterocycles. The number of carbonyl (C=O) groups excluding carboxylic acids is 5. The van der Waals surface area contributed by atoms with E-state index in [9.17, 15) is 32.4 Å². The average Bonchev–Trinajstić information content (AvgIpc) is 4.04. The van der Waals surface area contributed by atoms with Crippen molar-refractivity contribution in [2.45, 2.75) is 121 Å². The Labute approximate surface area is 335 Å². The summed E-state index contributed by atoms with van der Waals surface area (Å²) in [5.74, 6) is -2.82. The normalized spacial score (nSPS) is 24.3. The van der Waals surface area contributed by atoms with E-state index in [0.29, 0.717) is 32.4 Å². The van der Waals surface area contributed by atoms with Crippen LogP contribution in [0.5, 0.6) is 0 Å². The monoisotopic (exact) mass is 805 g/mol. The van der Waals surface area contributed by atoms with Crippen LogP contribution in [0.25, 0.3) is 0 Å². The topological polar surface area (TPSA) is 181 Å². The number of likely N-dealkylation sites (tertiary alicyclic amines) is 1. The van der Waals surface area contributed by atoms with Crippen molar-refractivity contribution in [1.29, 1.82) is 0 Å². The van der Waals surface area contributed by atoms with Gasteiger partial charge in [-0.25, -0.2) is 18.0 Å². The molecule has 1 saturated heterocycles. The number of nitrogens with zero attached hydrogens (tertiary/aromatic N) is 2. The fraction of sp³-hybridized carbons (Fsp3) is 0.548. The summed E-state index contributed by atoms with van der Waals surface area (Å²) in [6, 6.07) is 14.6. The Bertz CT molecular complexity index is 2020. The van der Waals surface area contributed by atoms with Gasteiger partial charge in [0, 0.05) is 25.4 Å². The number of carbonyl (C=O) groups is 5. The summed E-state index contributed by atoms with van der Waals surface area (Å²) in [4.78, 5) is 72.3. The smallest absolute Gasteiger partial charge is 0.410 e. The standard InChI is InChI=1S/C42H55N5O9S/c1-8-30-24-42(30,36(50)45-57(53,54)41(19-20-41)23-27-14-10-9-11-15-27)44-34(48)32-22-31(55-38(52)46-21-18-28-16-12-13-17-29(28)25-46)26-47(32)35(49)33(39(2,3)4)43-37(51)56-40(5,6)7/h8-17,30-33H,1,18-26H2,2-7H3,(H,43,51)(H,44,48)(H,45,50)/t30?,31-,32+,33-,42-/m1/s1. The SMILES string of the molecule is C=CC1C[C@]1(NC(=O)[C@@H]1C[C@@H](OC(=O)N2CCc3ccccc3C2)CN1C(=O)[C@@H](NC(=O)OC(C)(C)C)C(C)(C)C)C(=O)NS(=O)(=O)C1(Cc2ccccc2)CC1. The lowest BCUT2D eigenvalue weighted by Gasteiger charge is -2.36. The minimum absolute atomic E-state index is 0.0929. The van der Waals surface area contributed by atoms with Gasteiger partial charge in [-0.2, -0.15) is 0 Å². The summed E-state index contributed by atoms with van der Waals surface area (Å²) < 4.78 is 40.1. The summed E-state index contributed by atoms with van der Waals surface area (Å²) in [5, 5.41) is 5.47. The molecule has 2 heterocycles. The van der Waals surface area contributed by atoms with Crippen molar-refractivity contribution in [3.8, 4) is 0 Å². The van der Waals surface area contributed by atoms with Gasteiger partial charge in [0.2, 0.25) is 21.8 Å². The molecular formula is C42H55N5O9S. The molecule has 4 aliphatic rings. The molecule has 3 N–H and O–H groups in total. The van der Waals surface area contributed by atoms with Gasteiger partial charge in [-0.15, -0.1) is 6.58 Å². The van der Waals surface area contributed by atoms with Crippen molar-refractivity contribution in [3.63, 3.8) is 0 Å². The molecule has 2 aromatic carbocycles. The maximum Gasteiger partial charge on any atom is 0.410 e. The third kappa shape index (κ3) is 9.13. The second-order valence-corrected chi connectivity index (χ2v) is 20.0. The maximum absolute atomic E-state index is 14.5. The van der Waals surface area contributed by atoms with Gasteiger partial charge in [0.05, 0.1) is 11.3 Å². The number of fused-ring (bicyclic) bond motifs is 1. The highest BCUT2D eigenvalue weighted by molar-refractivity contribution is 7.91. The van der Waals surface area contributed by atoms with Crippen LogP contribution in [0.4, 0.5) is 9.59 Å². The number of benzene rings is 2. The largest absolute Gasteiger partial charge is 0.444 e. The third-order valence-electron chi connectivity index (χ3n) is 11.3. The zero-order valence-electron chi connectivity index (χ0n) is 33.6. The lowest BCUT2D eigenvalue weighted by atomic mass is 9.85. The first kappa shape index (κ1) is 41.7. The fourth-order valence-corrected chi connectivity index (χ4v) is 9.43. The van der Waals surface area contributed by atoms with E-state index in [-0.39, 0.29) is 25.8 Å². The minimum atomic E-state index is -4.17. The Balaban J connectivity index is 1.22. The van der Waals surface area contributed by atoms with E-state index < -0.39 is 85.3 Å². The molecule has 0 aromatic heterocycles. The first-order chi connectivity index (χ1) is 26.7. The van der Waals surface area contributed by atoms with Crippen molar-refractivity contribution in [2.24, 2.45) is 11.3 Å². The molecule has 2 saturated carbocycles. The van der Waals surface area contributed by atoms with Crippen LogP contribution in [-0.4, -0.2) is 95.3 Å². The number of sulfonamides is 1. The molecule has 3 fully saturated rings. The first-order valence-corrected chi connectivity index (χ1v) is 21.0. The molecule has 5 amide bonds. The van der Waals surface area contributed by atoms with Gasteiger partial charge in [0.25, 0.3) is 5.91 Å². The van der Waals surface area contributed by atoms with Crippen molar-refractivity contribution >= 4 is 39.9 Å². The predicted octanol–water partition coefficient (Wildman–Crippen LogP) is 4.37. The van der Waals surface area contributed by atoms with E-state index in [1.165, 1.54) is 11.0 Å². The number of nitrogens with one attached hydrogen (secondary N) is 3. The molecule has 2 aromatic rings. The van der Waals surface area contributed by atoms with Crippen LogP contribution in [0.3, 0.4) is 0 Å². The van der Waals surface area contributed by atoms with Gasteiger partial charge >= 0.3 is 12.2 Å². The molecule has 14 nitrogen and oxygen atoms in total. The lowest BCUT2D eigenvalue weighted by molar-refractivity contribution is -0.143. The Hall–Kier alpha value is -4.92. The number of alkyl carbamates (subject to hydrolysis) is 1. The van der Waals surface area contributed by atoms with Crippen LogP contribution in [0.2, 0.25) is 0 Å². The van der Waals surface area contributed by atoms with Crippen LogP contribution < -0.4 is 15.4 Å². The predicted molar refractivity (Wildman–Crippen MR) is 212 cm³/mol. The Kier molecular flexibility index (Phi) is 11.3. The summed E-state index contributed by atoms with van der Waals surface area (Å²) in [5.41, 5.74) is -0.376. The van der Waals surface area contributed by atoms with Gasteiger partial charge in [0.1, 0.15) is 29.3 Å². The van der Waals surface area contributed by atoms with Gasteiger partial charge in [0.15, 0.2) is 0 Å². The van der Waals surface area contributed by atoms with Gasteiger partial charge < -0.3 is 29.9 Å². The second kappa shape index (κ2) is 15.4. The highest BCUT2D eigenvalue weighted by atomic mass is 32.2. The molecule has 0 spiro atoms. The van der Waals surface area contributed by atoms with Crippen molar-refractivity contribution in [3.05, 3.63) is 83.9 Å². The van der Waals surface area contributed by atoms with Crippen LogP contribution in [-0.2, 0) is 53.3 Å². The molecule has 57 heavy (non-hydrogen) atoms. The molecule has 0 radical (unpaired) electrons. The fourth-order valence-electron chi connectivity index (χ4n) is 7.79. The van der Waals surface area contributed by atoms with Crippen molar-refractivity contribution in [2.75, 3.05) is 13.1 Å². The quantitative estimate of drug-likeness (QED) is 0.278. The molecule has 308 valence electrons.